The van der Waals surface area contributed by atoms with Crippen molar-refractivity contribution in [2.45, 2.75) is 71.9 Å². The van der Waals surface area contributed by atoms with Crippen LogP contribution in [0.4, 0.5) is 0 Å². The molecule has 0 aromatic heterocycles. The topological polar surface area (TPSA) is 21.3 Å². The molecule has 0 spiro atoms. The maximum atomic E-state index is 5.54. The van der Waals surface area contributed by atoms with Gasteiger partial charge in [-0.3, -0.25) is 0 Å². The number of unbranched alkanes of at least 4 members (excludes halogenated alkanes) is 1. The van der Waals surface area contributed by atoms with Crippen LogP contribution in [0.15, 0.2) is 0 Å². The molecule has 0 radical (unpaired) electrons. The lowest BCUT2D eigenvalue weighted by atomic mass is 9.80. The van der Waals surface area contributed by atoms with Gasteiger partial charge in [0, 0.05) is 12.6 Å². The third-order valence-corrected chi connectivity index (χ3v) is 3.63. The van der Waals surface area contributed by atoms with Crippen LogP contribution in [0.3, 0.4) is 0 Å². The van der Waals surface area contributed by atoms with Gasteiger partial charge >= 0.3 is 0 Å². The molecule has 1 fully saturated rings. The first-order valence-electron chi connectivity index (χ1n) is 7.43. The quantitative estimate of drug-likeness (QED) is 0.688. The van der Waals surface area contributed by atoms with Crippen molar-refractivity contribution >= 4 is 0 Å². The normalized spacial score (nSPS) is 29.8. The number of hydrogen-bond donors (Lipinski definition) is 1. The van der Waals surface area contributed by atoms with Crippen molar-refractivity contribution in [2.75, 3.05) is 13.2 Å². The van der Waals surface area contributed by atoms with Gasteiger partial charge in [0.15, 0.2) is 0 Å². The predicted octanol–water partition coefficient (Wildman–Crippen LogP) is 3.61. The van der Waals surface area contributed by atoms with Crippen LogP contribution in [0.5, 0.6) is 0 Å². The molecule has 0 aromatic rings. The highest BCUT2D eigenvalue weighted by molar-refractivity contribution is 4.79. The van der Waals surface area contributed by atoms with Crippen LogP contribution >= 0.6 is 0 Å². The SMILES string of the molecule is CC1CC(C)CC(NCCCCOC(C)C)C1. The summed E-state index contributed by atoms with van der Waals surface area (Å²) in [5.74, 6) is 1.81. The lowest BCUT2D eigenvalue weighted by Gasteiger charge is -2.32. The van der Waals surface area contributed by atoms with Crippen LogP contribution in [-0.2, 0) is 4.74 Å². The fraction of sp³-hybridized carbons (Fsp3) is 1.00. The molecule has 2 atom stereocenters. The van der Waals surface area contributed by atoms with E-state index in [9.17, 15) is 0 Å². The van der Waals surface area contributed by atoms with Crippen LogP contribution in [0.25, 0.3) is 0 Å². The van der Waals surface area contributed by atoms with Crippen molar-refractivity contribution in [3.8, 4) is 0 Å². The first kappa shape index (κ1) is 15.0. The van der Waals surface area contributed by atoms with E-state index in [1.165, 1.54) is 32.1 Å². The lowest BCUT2D eigenvalue weighted by molar-refractivity contribution is 0.0757. The Labute approximate surface area is 108 Å². The summed E-state index contributed by atoms with van der Waals surface area (Å²) < 4.78 is 5.54. The second kappa shape index (κ2) is 8.10. The summed E-state index contributed by atoms with van der Waals surface area (Å²) in [4.78, 5) is 0. The fourth-order valence-corrected chi connectivity index (χ4v) is 2.97. The van der Waals surface area contributed by atoms with Gasteiger partial charge in [0.1, 0.15) is 0 Å². The highest BCUT2D eigenvalue weighted by Crippen LogP contribution is 2.28. The minimum absolute atomic E-state index is 0.378. The van der Waals surface area contributed by atoms with E-state index in [1.54, 1.807) is 0 Å². The molecule has 2 unspecified atom stereocenters. The summed E-state index contributed by atoms with van der Waals surface area (Å²) in [7, 11) is 0. The Morgan fingerprint density at radius 2 is 1.71 bits per heavy atom. The maximum Gasteiger partial charge on any atom is 0.0518 e. The molecule has 1 aliphatic rings. The summed E-state index contributed by atoms with van der Waals surface area (Å²) in [5, 5.41) is 3.71. The van der Waals surface area contributed by atoms with E-state index in [-0.39, 0.29) is 0 Å². The smallest absolute Gasteiger partial charge is 0.0518 e. The van der Waals surface area contributed by atoms with E-state index in [4.69, 9.17) is 4.74 Å². The van der Waals surface area contributed by atoms with Crippen molar-refractivity contribution in [1.82, 2.24) is 5.32 Å². The molecule has 1 saturated carbocycles. The standard InChI is InChI=1S/C15H31NO/c1-12(2)17-8-6-5-7-16-15-10-13(3)9-14(4)11-15/h12-16H,5-11H2,1-4H3. The summed E-state index contributed by atoms with van der Waals surface area (Å²) in [6.07, 6.45) is 6.96. The largest absolute Gasteiger partial charge is 0.379 e. The molecule has 0 aromatic carbocycles. The minimum Gasteiger partial charge on any atom is -0.379 e. The van der Waals surface area contributed by atoms with E-state index in [1.807, 2.05) is 0 Å². The van der Waals surface area contributed by atoms with Gasteiger partial charge < -0.3 is 10.1 Å². The Morgan fingerprint density at radius 1 is 1.06 bits per heavy atom. The van der Waals surface area contributed by atoms with Crippen molar-refractivity contribution in [1.29, 1.82) is 0 Å². The zero-order valence-electron chi connectivity index (χ0n) is 12.2. The Balaban J connectivity index is 1.98. The molecular formula is C15H31NO. The van der Waals surface area contributed by atoms with E-state index < -0.39 is 0 Å². The van der Waals surface area contributed by atoms with Crippen LogP contribution in [0.2, 0.25) is 0 Å². The summed E-state index contributed by atoms with van der Waals surface area (Å²) in [6, 6.07) is 0.764. The number of nitrogens with one attached hydrogen (secondary N) is 1. The third kappa shape index (κ3) is 7.05. The Hall–Kier alpha value is -0.0800. The molecule has 0 bridgehead atoms. The highest BCUT2D eigenvalue weighted by atomic mass is 16.5. The molecule has 0 aliphatic heterocycles. The Morgan fingerprint density at radius 3 is 2.29 bits per heavy atom. The first-order chi connectivity index (χ1) is 8.08. The second-order valence-electron chi connectivity index (χ2n) is 6.20. The maximum absolute atomic E-state index is 5.54. The van der Waals surface area contributed by atoms with Crippen LogP contribution < -0.4 is 5.32 Å². The van der Waals surface area contributed by atoms with Gasteiger partial charge in [-0.15, -0.1) is 0 Å². The van der Waals surface area contributed by atoms with Crippen LogP contribution in [0.1, 0.15) is 59.8 Å². The molecule has 102 valence electrons. The molecule has 0 amide bonds. The van der Waals surface area contributed by atoms with Crippen molar-refractivity contribution in [2.24, 2.45) is 11.8 Å². The molecule has 17 heavy (non-hydrogen) atoms. The van der Waals surface area contributed by atoms with Crippen molar-refractivity contribution < 1.29 is 4.74 Å². The first-order valence-corrected chi connectivity index (χ1v) is 7.43. The van der Waals surface area contributed by atoms with E-state index in [0.717, 1.165) is 31.0 Å². The average Bonchev–Trinajstić information content (AvgIpc) is 2.21. The fourth-order valence-electron chi connectivity index (χ4n) is 2.97. The van der Waals surface area contributed by atoms with E-state index in [0.29, 0.717) is 6.10 Å². The number of ether oxygens (including phenoxy) is 1. The Kier molecular flexibility index (Phi) is 7.14. The van der Waals surface area contributed by atoms with Gasteiger partial charge in [0.2, 0.25) is 0 Å². The highest BCUT2D eigenvalue weighted by Gasteiger charge is 2.22. The summed E-state index contributed by atoms with van der Waals surface area (Å²) in [5.41, 5.74) is 0. The summed E-state index contributed by atoms with van der Waals surface area (Å²) in [6.45, 7) is 11.1. The lowest BCUT2D eigenvalue weighted by Crippen LogP contribution is -2.36. The van der Waals surface area contributed by atoms with Gasteiger partial charge in [-0.2, -0.15) is 0 Å². The molecule has 0 heterocycles. The molecule has 1 N–H and O–H groups in total. The van der Waals surface area contributed by atoms with Crippen LogP contribution in [0, 0.1) is 11.8 Å². The van der Waals surface area contributed by atoms with Gasteiger partial charge in [0.05, 0.1) is 6.10 Å². The molecule has 1 rings (SSSR count). The molecular weight excluding hydrogens is 210 g/mol. The van der Waals surface area contributed by atoms with Gasteiger partial charge in [-0.25, -0.2) is 0 Å². The molecule has 0 saturated heterocycles. The second-order valence-corrected chi connectivity index (χ2v) is 6.20. The van der Waals surface area contributed by atoms with Gasteiger partial charge in [0.25, 0.3) is 0 Å². The number of hydrogen-bond acceptors (Lipinski definition) is 2. The average molecular weight is 241 g/mol. The predicted molar refractivity (Wildman–Crippen MR) is 74.3 cm³/mol. The van der Waals surface area contributed by atoms with Crippen LogP contribution in [-0.4, -0.2) is 25.3 Å². The number of rotatable bonds is 7. The summed E-state index contributed by atoms with van der Waals surface area (Å²) >= 11 is 0. The zero-order chi connectivity index (χ0) is 12.7. The minimum atomic E-state index is 0.378. The molecule has 1 aliphatic carbocycles. The molecule has 2 nitrogen and oxygen atoms in total. The van der Waals surface area contributed by atoms with E-state index in [2.05, 4.69) is 33.0 Å². The van der Waals surface area contributed by atoms with Gasteiger partial charge in [-0.05, 0) is 64.3 Å². The van der Waals surface area contributed by atoms with Crippen molar-refractivity contribution in [3.63, 3.8) is 0 Å². The molecule has 2 heteroatoms. The van der Waals surface area contributed by atoms with E-state index >= 15 is 0 Å². The zero-order valence-corrected chi connectivity index (χ0v) is 12.2. The monoisotopic (exact) mass is 241 g/mol. The third-order valence-electron chi connectivity index (χ3n) is 3.63. The van der Waals surface area contributed by atoms with Crippen molar-refractivity contribution in [3.05, 3.63) is 0 Å². The van der Waals surface area contributed by atoms with Gasteiger partial charge in [-0.1, -0.05) is 13.8 Å². The Bertz CT molecular complexity index is 183.